The number of carbonyl (C=O) groups is 1. The Kier molecular flexibility index (Phi) is 4.36. The number of benzene rings is 1. The molecular formula is C11H12F3N3O2. The second-order valence-electron chi connectivity index (χ2n) is 3.72. The zero-order valence-corrected chi connectivity index (χ0v) is 9.99. The van der Waals surface area contributed by atoms with E-state index in [0.717, 1.165) is 6.07 Å². The van der Waals surface area contributed by atoms with Crippen LogP contribution in [0.25, 0.3) is 0 Å². The predicted octanol–water partition coefficient (Wildman–Crippen LogP) is 1.35. The third-order valence-corrected chi connectivity index (χ3v) is 2.07. The summed E-state index contributed by atoms with van der Waals surface area (Å²) in [6.07, 6.45) is -4.45. The number of aliphatic imine (C=N–C) groups is 1. The van der Waals surface area contributed by atoms with E-state index in [4.69, 9.17) is 11.5 Å². The quantitative estimate of drug-likeness (QED) is 0.643. The van der Waals surface area contributed by atoms with Crippen molar-refractivity contribution in [2.45, 2.75) is 13.1 Å². The molecule has 0 aliphatic heterocycles. The van der Waals surface area contributed by atoms with E-state index >= 15 is 0 Å². The molecule has 0 atom stereocenters. The molecule has 0 radical (unpaired) electrons. The van der Waals surface area contributed by atoms with E-state index in [1.54, 1.807) is 6.92 Å². The molecule has 0 spiro atoms. The van der Waals surface area contributed by atoms with Crippen LogP contribution in [-0.4, -0.2) is 24.6 Å². The fourth-order valence-corrected chi connectivity index (χ4v) is 1.26. The Hall–Kier alpha value is -2.25. The number of hydrogen-bond donors (Lipinski definition) is 2. The van der Waals surface area contributed by atoms with Crippen molar-refractivity contribution in [3.63, 3.8) is 0 Å². The molecule has 0 fully saturated rings. The van der Waals surface area contributed by atoms with Crippen molar-refractivity contribution in [2.75, 3.05) is 6.61 Å². The first kappa shape index (κ1) is 14.8. The maximum Gasteiger partial charge on any atom is 0.422 e. The first-order valence-corrected chi connectivity index (χ1v) is 5.13. The van der Waals surface area contributed by atoms with Gasteiger partial charge in [-0.1, -0.05) is 6.07 Å². The average Bonchev–Trinajstić information content (AvgIpc) is 2.25. The molecule has 5 nitrogen and oxygen atoms in total. The zero-order chi connectivity index (χ0) is 14.6. The predicted molar refractivity (Wildman–Crippen MR) is 62.9 cm³/mol. The highest BCUT2D eigenvalue weighted by molar-refractivity contribution is 6.03. The molecule has 0 unspecified atom stereocenters. The van der Waals surface area contributed by atoms with Crippen molar-refractivity contribution in [1.29, 1.82) is 0 Å². The summed E-state index contributed by atoms with van der Waals surface area (Å²) in [6.45, 7) is 0.162. The fraction of sp³-hybridized carbons (Fsp3) is 0.273. The van der Waals surface area contributed by atoms with Crippen molar-refractivity contribution >= 4 is 11.9 Å². The van der Waals surface area contributed by atoms with Gasteiger partial charge in [0.25, 0.3) is 5.91 Å². The third-order valence-electron chi connectivity index (χ3n) is 2.07. The minimum atomic E-state index is -4.45. The summed E-state index contributed by atoms with van der Waals surface area (Å²) < 4.78 is 40.5. The van der Waals surface area contributed by atoms with Gasteiger partial charge in [0.1, 0.15) is 5.75 Å². The Morgan fingerprint density at radius 2 is 2.00 bits per heavy atom. The van der Waals surface area contributed by atoms with Crippen LogP contribution in [0.2, 0.25) is 0 Å². The molecule has 0 bridgehead atoms. The second-order valence-corrected chi connectivity index (χ2v) is 3.72. The van der Waals surface area contributed by atoms with Crippen LogP contribution in [0, 0.1) is 6.92 Å². The van der Waals surface area contributed by atoms with Crippen LogP contribution < -0.4 is 16.2 Å². The highest BCUT2D eigenvalue weighted by atomic mass is 19.4. The number of alkyl halides is 3. The highest BCUT2D eigenvalue weighted by Crippen LogP contribution is 2.21. The van der Waals surface area contributed by atoms with E-state index in [1.807, 2.05) is 0 Å². The average molecular weight is 275 g/mol. The second kappa shape index (κ2) is 5.59. The fourth-order valence-electron chi connectivity index (χ4n) is 1.26. The number of rotatable bonds is 3. The lowest BCUT2D eigenvalue weighted by molar-refractivity contribution is -0.153. The normalized spacial score (nSPS) is 10.9. The van der Waals surface area contributed by atoms with E-state index in [9.17, 15) is 18.0 Å². The lowest BCUT2D eigenvalue weighted by Gasteiger charge is -2.10. The van der Waals surface area contributed by atoms with Gasteiger partial charge in [-0.3, -0.25) is 4.79 Å². The summed E-state index contributed by atoms with van der Waals surface area (Å²) in [7, 11) is 0. The molecule has 8 heteroatoms. The van der Waals surface area contributed by atoms with Crippen molar-refractivity contribution in [3.8, 4) is 5.75 Å². The number of nitrogens with zero attached hydrogens (tertiary/aromatic N) is 1. The lowest BCUT2D eigenvalue weighted by atomic mass is 10.1. The third kappa shape index (κ3) is 4.86. The van der Waals surface area contributed by atoms with Crippen LogP contribution in [0.5, 0.6) is 5.75 Å². The molecule has 1 amide bonds. The first-order chi connectivity index (χ1) is 8.69. The van der Waals surface area contributed by atoms with Gasteiger partial charge in [-0.2, -0.15) is 18.2 Å². The number of amides is 1. The van der Waals surface area contributed by atoms with Gasteiger partial charge in [-0.25, -0.2) is 0 Å². The maximum absolute atomic E-state index is 12.0. The molecule has 19 heavy (non-hydrogen) atoms. The van der Waals surface area contributed by atoms with Crippen LogP contribution in [0.4, 0.5) is 13.2 Å². The smallest absolute Gasteiger partial charge is 0.422 e. The molecule has 0 aliphatic carbocycles. The van der Waals surface area contributed by atoms with E-state index in [-0.39, 0.29) is 11.3 Å². The number of aryl methyl sites for hydroxylation is 1. The van der Waals surface area contributed by atoms with Crippen molar-refractivity contribution in [1.82, 2.24) is 0 Å². The standard InChI is InChI=1S/C11H12F3N3O2/c1-6-2-3-7(19-5-11(12,13)14)4-8(6)9(18)17-10(15)16/h2-4H,5H2,1H3,(H4,15,16,17,18). The van der Waals surface area contributed by atoms with Gasteiger partial charge in [0, 0.05) is 5.56 Å². The minimum Gasteiger partial charge on any atom is -0.484 e. The molecule has 104 valence electrons. The van der Waals surface area contributed by atoms with Crippen LogP contribution in [-0.2, 0) is 0 Å². The van der Waals surface area contributed by atoms with E-state index in [0.29, 0.717) is 5.56 Å². The number of nitrogens with two attached hydrogens (primary N) is 2. The van der Waals surface area contributed by atoms with Crippen LogP contribution in [0.1, 0.15) is 15.9 Å². The van der Waals surface area contributed by atoms with Gasteiger partial charge >= 0.3 is 6.18 Å². The molecule has 1 aromatic carbocycles. The SMILES string of the molecule is Cc1ccc(OCC(F)(F)F)cc1C(=O)N=C(N)N. The number of ether oxygens (including phenoxy) is 1. The summed E-state index contributed by atoms with van der Waals surface area (Å²) in [5.41, 5.74) is 10.7. The first-order valence-electron chi connectivity index (χ1n) is 5.13. The van der Waals surface area contributed by atoms with Crippen LogP contribution >= 0.6 is 0 Å². The molecule has 0 saturated carbocycles. The molecular weight excluding hydrogens is 263 g/mol. The van der Waals surface area contributed by atoms with Gasteiger partial charge in [-0.05, 0) is 24.6 Å². The van der Waals surface area contributed by atoms with Crippen LogP contribution in [0.15, 0.2) is 23.2 Å². The molecule has 0 aromatic heterocycles. The van der Waals surface area contributed by atoms with Gasteiger partial charge in [0.15, 0.2) is 12.6 Å². The summed E-state index contributed by atoms with van der Waals surface area (Å²) in [5, 5.41) is 0. The highest BCUT2D eigenvalue weighted by Gasteiger charge is 2.28. The summed E-state index contributed by atoms with van der Waals surface area (Å²) in [6, 6.07) is 3.93. The molecule has 0 heterocycles. The van der Waals surface area contributed by atoms with Gasteiger partial charge in [0.2, 0.25) is 0 Å². The Balaban J connectivity index is 2.95. The Morgan fingerprint density at radius 1 is 1.37 bits per heavy atom. The Morgan fingerprint density at radius 3 is 2.53 bits per heavy atom. The minimum absolute atomic E-state index is 0.0769. The largest absolute Gasteiger partial charge is 0.484 e. The number of carbonyl (C=O) groups excluding carboxylic acids is 1. The summed E-state index contributed by atoms with van der Waals surface area (Å²) in [4.78, 5) is 14.9. The van der Waals surface area contributed by atoms with Crippen LogP contribution in [0.3, 0.4) is 0 Å². The van der Waals surface area contributed by atoms with E-state index < -0.39 is 24.6 Å². The van der Waals surface area contributed by atoms with Gasteiger partial charge in [-0.15, -0.1) is 0 Å². The number of hydrogen-bond acceptors (Lipinski definition) is 2. The van der Waals surface area contributed by atoms with Gasteiger partial charge < -0.3 is 16.2 Å². The van der Waals surface area contributed by atoms with Gasteiger partial charge in [0.05, 0.1) is 0 Å². The molecule has 0 aliphatic rings. The monoisotopic (exact) mass is 275 g/mol. The maximum atomic E-state index is 12.0. The summed E-state index contributed by atoms with van der Waals surface area (Å²) in [5.74, 6) is -1.25. The van der Waals surface area contributed by atoms with E-state index in [1.165, 1.54) is 12.1 Å². The van der Waals surface area contributed by atoms with Crippen molar-refractivity contribution in [2.24, 2.45) is 16.5 Å². The molecule has 0 saturated heterocycles. The lowest BCUT2D eigenvalue weighted by Crippen LogP contribution is -2.24. The van der Waals surface area contributed by atoms with Crippen molar-refractivity contribution < 1.29 is 22.7 Å². The Labute approximate surface area is 107 Å². The van der Waals surface area contributed by atoms with Crippen molar-refractivity contribution in [3.05, 3.63) is 29.3 Å². The zero-order valence-electron chi connectivity index (χ0n) is 9.99. The Bertz CT molecular complexity index is 508. The molecule has 4 N–H and O–H groups in total. The number of halogens is 3. The number of guanidine groups is 1. The molecule has 1 rings (SSSR count). The molecule has 1 aromatic rings. The van der Waals surface area contributed by atoms with E-state index in [2.05, 4.69) is 9.73 Å². The summed E-state index contributed by atoms with van der Waals surface area (Å²) >= 11 is 0. The topological polar surface area (TPSA) is 90.7 Å².